The Bertz CT molecular complexity index is 718. The van der Waals surface area contributed by atoms with Crippen molar-refractivity contribution in [3.05, 3.63) is 36.0 Å². The van der Waals surface area contributed by atoms with Crippen LogP contribution in [0.1, 0.15) is 19.0 Å². The van der Waals surface area contributed by atoms with Gasteiger partial charge < -0.3 is 15.3 Å². The highest BCUT2D eigenvalue weighted by Gasteiger charge is 2.29. The van der Waals surface area contributed by atoms with Crippen LogP contribution in [-0.2, 0) is 11.2 Å². The second kappa shape index (κ2) is 6.24. The Morgan fingerprint density at radius 3 is 2.78 bits per heavy atom. The molecule has 23 heavy (non-hydrogen) atoms. The highest BCUT2D eigenvalue weighted by molar-refractivity contribution is 5.75. The van der Waals surface area contributed by atoms with Crippen molar-refractivity contribution in [1.29, 1.82) is 0 Å². The van der Waals surface area contributed by atoms with Crippen LogP contribution < -0.4 is 10.2 Å². The number of anilines is 2. The van der Waals surface area contributed by atoms with Gasteiger partial charge in [-0.2, -0.15) is 0 Å². The first-order valence-corrected chi connectivity index (χ1v) is 7.71. The quantitative estimate of drug-likeness (QED) is 0.883. The number of hydrogen-bond acceptors (Lipinski definition) is 5. The van der Waals surface area contributed by atoms with Crippen molar-refractivity contribution in [3.63, 3.8) is 0 Å². The molecule has 6 nitrogen and oxygen atoms in total. The van der Waals surface area contributed by atoms with E-state index < -0.39 is 5.97 Å². The first-order chi connectivity index (χ1) is 11.1. The Labute approximate surface area is 135 Å². The largest absolute Gasteiger partial charge is 0.481 e. The molecule has 0 amide bonds. The summed E-state index contributed by atoms with van der Waals surface area (Å²) in [6.07, 6.45) is 0.917. The molecule has 1 aliphatic heterocycles. The lowest BCUT2D eigenvalue weighted by Crippen LogP contribution is -2.25. The Hall–Kier alpha value is -2.63. The number of hydrogen-bond donors (Lipinski definition) is 2. The Morgan fingerprint density at radius 2 is 2.09 bits per heavy atom. The topological polar surface area (TPSA) is 78.3 Å². The molecule has 0 spiro atoms. The summed E-state index contributed by atoms with van der Waals surface area (Å²) < 4.78 is 0. The first-order valence-electron chi connectivity index (χ1n) is 7.71. The molecular formula is C17H20N4O2. The number of rotatable bonds is 5. The molecule has 0 radical (unpaired) electrons. The molecule has 1 aromatic heterocycles. The predicted octanol–water partition coefficient (Wildman–Crippen LogP) is 2.41. The van der Waals surface area contributed by atoms with E-state index >= 15 is 0 Å². The summed E-state index contributed by atoms with van der Waals surface area (Å²) in [4.78, 5) is 22.2. The number of aromatic nitrogens is 2. The summed E-state index contributed by atoms with van der Waals surface area (Å²) in [5.41, 5.74) is 2.94. The third-order valence-corrected chi connectivity index (χ3v) is 4.12. The van der Waals surface area contributed by atoms with E-state index in [2.05, 4.69) is 22.1 Å². The summed E-state index contributed by atoms with van der Waals surface area (Å²) in [7, 11) is 2.02. The summed E-state index contributed by atoms with van der Waals surface area (Å²) >= 11 is 0. The maximum Gasteiger partial charge on any atom is 0.305 e. The van der Waals surface area contributed by atoms with E-state index in [1.165, 1.54) is 0 Å². The van der Waals surface area contributed by atoms with E-state index in [4.69, 9.17) is 10.1 Å². The summed E-state index contributed by atoms with van der Waals surface area (Å²) in [6, 6.07) is 10.2. The molecule has 1 aliphatic rings. The van der Waals surface area contributed by atoms with Gasteiger partial charge in [-0.3, -0.25) is 4.79 Å². The first kappa shape index (κ1) is 15.3. The fourth-order valence-electron chi connectivity index (χ4n) is 2.78. The summed E-state index contributed by atoms with van der Waals surface area (Å²) in [6.45, 7) is 2.49. The van der Waals surface area contributed by atoms with Gasteiger partial charge in [0.15, 0.2) is 11.6 Å². The molecule has 0 saturated carbocycles. The molecule has 1 unspecified atom stereocenters. The molecule has 1 atom stereocenters. The third-order valence-electron chi connectivity index (χ3n) is 4.12. The average Bonchev–Trinajstić information content (AvgIpc) is 2.82. The van der Waals surface area contributed by atoms with Gasteiger partial charge >= 0.3 is 5.97 Å². The molecule has 6 heteroatoms. The lowest BCUT2D eigenvalue weighted by Gasteiger charge is -2.21. The van der Waals surface area contributed by atoms with Crippen molar-refractivity contribution in [3.8, 4) is 11.4 Å². The number of nitrogens with zero attached hydrogens (tertiary/aromatic N) is 3. The molecule has 2 N–H and O–H groups in total. The summed E-state index contributed by atoms with van der Waals surface area (Å²) in [5.74, 6) is 0.555. The van der Waals surface area contributed by atoms with Gasteiger partial charge in [0.1, 0.15) is 5.69 Å². The maximum atomic E-state index is 10.7. The molecule has 2 aromatic rings. The van der Waals surface area contributed by atoms with E-state index in [1.54, 1.807) is 0 Å². The second-order valence-electron chi connectivity index (χ2n) is 5.79. The Morgan fingerprint density at radius 1 is 1.35 bits per heavy atom. The number of likely N-dealkylation sites (N-methyl/N-ethyl adjacent to an activating group) is 1. The van der Waals surface area contributed by atoms with E-state index in [0.29, 0.717) is 24.2 Å². The third kappa shape index (κ3) is 3.11. The van der Waals surface area contributed by atoms with Crippen LogP contribution in [0.2, 0.25) is 0 Å². The van der Waals surface area contributed by atoms with Crippen LogP contribution in [0.15, 0.2) is 30.3 Å². The van der Waals surface area contributed by atoms with Crippen LogP contribution in [-0.4, -0.2) is 40.7 Å². The van der Waals surface area contributed by atoms with Crippen molar-refractivity contribution in [2.75, 3.05) is 23.8 Å². The number of benzene rings is 1. The lowest BCUT2D eigenvalue weighted by molar-refractivity contribution is -0.136. The minimum atomic E-state index is -0.826. The Kier molecular flexibility index (Phi) is 4.14. The van der Waals surface area contributed by atoms with E-state index in [-0.39, 0.29) is 6.42 Å². The molecule has 1 aromatic carbocycles. The lowest BCUT2D eigenvalue weighted by atomic mass is 10.2. The molecular weight excluding hydrogens is 292 g/mol. The second-order valence-corrected chi connectivity index (χ2v) is 5.79. The summed E-state index contributed by atoms with van der Waals surface area (Å²) in [5, 5.41) is 12.0. The van der Waals surface area contributed by atoms with Crippen LogP contribution in [0.4, 0.5) is 11.5 Å². The fraction of sp³-hybridized carbons (Fsp3) is 0.353. The van der Waals surface area contributed by atoms with E-state index in [1.807, 2.05) is 37.4 Å². The molecule has 2 heterocycles. The van der Waals surface area contributed by atoms with E-state index in [0.717, 1.165) is 23.4 Å². The van der Waals surface area contributed by atoms with Crippen LogP contribution in [0, 0.1) is 0 Å². The van der Waals surface area contributed by atoms with Gasteiger partial charge in [-0.25, -0.2) is 9.97 Å². The van der Waals surface area contributed by atoms with Crippen molar-refractivity contribution < 1.29 is 9.90 Å². The standard InChI is InChI=1S/C17H20N4O2/c1-11-10-13-15(21(11)2)17(18-9-8-14(22)23)20-16(19-13)12-6-4-3-5-7-12/h3-7,11H,8-10H2,1-2H3,(H,22,23)(H,18,19,20). The number of fused-ring (bicyclic) bond motifs is 1. The molecule has 0 fully saturated rings. The zero-order chi connectivity index (χ0) is 16.4. The van der Waals surface area contributed by atoms with Gasteiger partial charge in [-0.05, 0) is 6.92 Å². The zero-order valence-electron chi connectivity index (χ0n) is 13.3. The number of nitrogens with one attached hydrogen (secondary N) is 1. The predicted molar refractivity (Wildman–Crippen MR) is 89.8 cm³/mol. The number of aliphatic carboxylic acids is 1. The molecule has 3 rings (SSSR count). The highest BCUT2D eigenvalue weighted by Crippen LogP contribution is 2.36. The SMILES string of the molecule is CC1Cc2nc(-c3ccccc3)nc(NCCC(=O)O)c2N1C. The van der Waals surface area contributed by atoms with Gasteiger partial charge in [0, 0.05) is 31.6 Å². The molecule has 0 saturated heterocycles. The normalized spacial score (nSPS) is 16.3. The van der Waals surface area contributed by atoms with E-state index in [9.17, 15) is 4.79 Å². The van der Waals surface area contributed by atoms with Crippen molar-refractivity contribution in [2.45, 2.75) is 25.8 Å². The van der Waals surface area contributed by atoms with Crippen LogP contribution >= 0.6 is 0 Å². The highest BCUT2D eigenvalue weighted by atomic mass is 16.4. The monoisotopic (exact) mass is 312 g/mol. The number of carboxylic acid groups (broad SMARTS) is 1. The van der Waals surface area contributed by atoms with Gasteiger partial charge in [0.2, 0.25) is 0 Å². The molecule has 0 aliphatic carbocycles. The van der Waals surface area contributed by atoms with Gasteiger partial charge in [0.05, 0.1) is 12.1 Å². The average molecular weight is 312 g/mol. The molecule has 120 valence electrons. The van der Waals surface area contributed by atoms with Gasteiger partial charge in [-0.15, -0.1) is 0 Å². The zero-order valence-corrected chi connectivity index (χ0v) is 13.3. The minimum Gasteiger partial charge on any atom is -0.481 e. The maximum absolute atomic E-state index is 10.7. The van der Waals surface area contributed by atoms with Gasteiger partial charge in [-0.1, -0.05) is 30.3 Å². The van der Waals surface area contributed by atoms with Crippen LogP contribution in [0.25, 0.3) is 11.4 Å². The van der Waals surface area contributed by atoms with Crippen molar-refractivity contribution in [2.24, 2.45) is 0 Å². The van der Waals surface area contributed by atoms with Crippen molar-refractivity contribution in [1.82, 2.24) is 9.97 Å². The van der Waals surface area contributed by atoms with Crippen LogP contribution in [0.5, 0.6) is 0 Å². The molecule has 0 bridgehead atoms. The Balaban J connectivity index is 1.98. The van der Waals surface area contributed by atoms with Crippen LogP contribution in [0.3, 0.4) is 0 Å². The number of carbonyl (C=O) groups is 1. The smallest absolute Gasteiger partial charge is 0.305 e. The fourth-order valence-corrected chi connectivity index (χ4v) is 2.78. The minimum absolute atomic E-state index is 0.0543. The number of carboxylic acids is 1. The van der Waals surface area contributed by atoms with Crippen molar-refractivity contribution >= 4 is 17.5 Å². The van der Waals surface area contributed by atoms with Gasteiger partial charge in [0.25, 0.3) is 0 Å².